The van der Waals surface area contributed by atoms with Crippen molar-refractivity contribution in [1.29, 1.82) is 0 Å². The summed E-state index contributed by atoms with van der Waals surface area (Å²) in [6.45, 7) is 4.09. The molecule has 3 aromatic rings. The van der Waals surface area contributed by atoms with E-state index in [0.717, 1.165) is 16.7 Å². The first-order chi connectivity index (χ1) is 13.3. The molecule has 0 bridgehead atoms. The molecule has 0 aliphatic rings. The second-order valence-electron chi connectivity index (χ2n) is 6.53. The van der Waals surface area contributed by atoms with Crippen molar-refractivity contribution in [1.82, 2.24) is 9.71 Å². The molecule has 0 radical (unpaired) electrons. The topological polar surface area (TPSA) is 88.2 Å². The van der Waals surface area contributed by atoms with Gasteiger partial charge < -0.3 is 5.32 Å². The minimum atomic E-state index is -3.67. The van der Waals surface area contributed by atoms with Crippen LogP contribution in [0.3, 0.4) is 0 Å². The number of carbonyl (C=O) groups excluding carboxylic acids is 1. The molecular weight excluding hydrogens is 374 g/mol. The van der Waals surface area contributed by atoms with Crippen molar-refractivity contribution in [2.45, 2.75) is 25.3 Å². The summed E-state index contributed by atoms with van der Waals surface area (Å²) in [5.74, 6) is -0.293. The Hall–Kier alpha value is -3.03. The van der Waals surface area contributed by atoms with E-state index in [1.807, 2.05) is 32.0 Å². The predicted molar refractivity (Wildman–Crippen MR) is 109 cm³/mol. The van der Waals surface area contributed by atoms with Crippen molar-refractivity contribution in [2.75, 3.05) is 5.32 Å². The van der Waals surface area contributed by atoms with Crippen LogP contribution in [0.4, 0.5) is 5.69 Å². The summed E-state index contributed by atoms with van der Waals surface area (Å²) in [5, 5.41) is 2.83. The first-order valence-electron chi connectivity index (χ1n) is 8.72. The molecule has 7 heteroatoms. The van der Waals surface area contributed by atoms with Gasteiger partial charge in [0.1, 0.15) is 0 Å². The van der Waals surface area contributed by atoms with Gasteiger partial charge in [-0.05, 0) is 79.1 Å². The van der Waals surface area contributed by atoms with E-state index in [-0.39, 0.29) is 17.3 Å². The molecule has 2 aromatic carbocycles. The molecule has 2 N–H and O–H groups in total. The largest absolute Gasteiger partial charge is 0.322 e. The molecule has 0 atom stereocenters. The van der Waals surface area contributed by atoms with Crippen molar-refractivity contribution in [3.05, 3.63) is 89.2 Å². The molecule has 0 fully saturated rings. The van der Waals surface area contributed by atoms with E-state index in [1.165, 1.54) is 24.3 Å². The number of carbonyl (C=O) groups is 1. The fraction of sp³-hybridized carbons (Fsp3) is 0.143. The Morgan fingerprint density at radius 2 is 1.54 bits per heavy atom. The number of rotatable bonds is 6. The first-order valence-corrected chi connectivity index (χ1v) is 10.2. The fourth-order valence-corrected chi connectivity index (χ4v) is 3.82. The Kier molecular flexibility index (Phi) is 5.87. The van der Waals surface area contributed by atoms with Crippen LogP contribution in [0.15, 0.2) is 71.9 Å². The number of aromatic nitrogens is 1. The highest BCUT2D eigenvalue weighted by Gasteiger charge is 2.15. The number of hydrogen-bond donors (Lipinski definition) is 2. The molecule has 1 aromatic heterocycles. The average Bonchev–Trinajstić information content (AvgIpc) is 2.66. The maximum atomic E-state index is 12.4. The van der Waals surface area contributed by atoms with Crippen molar-refractivity contribution in [3.63, 3.8) is 0 Å². The highest BCUT2D eigenvalue weighted by atomic mass is 32.2. The van der Waals surface area contributed by atoms with Crippen LogP contribution in [-0.4, -0.2) is 19.3 Å². The van der Waals surface area contributed by atoms with Gasteiger partial charge in [0.2, 0.25) is 10.0 Å². The van der Waals surface area contributed by atoms with Crippen molar-refractivity contribution < 1.29 is 13.2 Å². The molecule has 1 heterocycles. The Labute approximate surface area is 164 Å². The number of sulfonamides is 1. The molecule has 0 unspecified atom stereocenters. The molecule has 0 spiro atoms. The fourth-order valence-electron chi connectivity index (χ4n) is 2.80. The van der Waals surface area contributed by atoms with E-state index in [1.54, 1.807) is 24.5 Å². The summed E-state index contributed by atoms with van der Waals surface area (Å²) in [4.78, 5) is 16.4. The molecular formula is C21H21N3O3S. The molecule has 28 heavy (non-hydrogen) atoms. The van der Waals surface area contributed by atoms with E-state index in [4.69, 9.17) is 0 Å². The van der Waals surface area contributed by atoms with Crippen LogP contribution in [-0.2, 0) is 16.6 Å². The summed E-state index contributed by atoms with van der Waals surface area (Å²) in [6.07, 6.45) is 3.21. The third-order valence-electron chi connectivity index (χ3n) is 4.12. The summed E-state index contributed by atoms with van der Waals surface area (Å²) in [7, 11) is -3.67. The zero-order valence-corrected chi connectivity index (χ0v) is 16.5. The Morgan fingerprint density at radius 3 is 2.14 bits per heavy atom. The average molecular weight is 395 g/mol. The van der Waals surface area contributed by atoms with Gasteiger partial charge in [0.25, 0.3) is 5.91 Å². The number of nitrogens with zero attached hydrogens (tertiary/aromatic N) is 1. The second kappa shape index (κ2) is 8.33. The van der Waals surface area contributed by atoms with Gasteiger partial charge in [-0.25, -0.2) is 13.1 Å². The molecule has 0 aliphatic heterocycles. The Balaban J connectivity index is 1.68. The van der Waals surface area contributed by atoms with Gasteiger partial charge in [0.05, 0.1) is 4.90 Å². The highest BCUT2D eigenvalue weighted by molar-refractivity contribution is 7.89. The van der Waals surface area contributed by atoms with E-state index in [9.17, 15) is 13.2 Å². The minimum Gasteiger partial charge on any atom is -0.322 e. The zero-order chi connectivity index (χ0) is 20.1. The molecule has 3 rings (SSSR count). The second-order valence-corrected chi connectivity index (χ2v) is 8.30. The molecule has 0 saturated carbocycles. The van der Waals surface area contributed by atoms with Gasteiger partial charge in [0, 0.05) is 30.2 Å². The number of hydrogen-bond acceptors (Lipinski definition) is 4. The SMILES string of the molecule is Cc1cc(C)cc(NC(=O)c2ccc(S(=O)(=O)NCc3ccncc3)cc2)c1. The number of anilines is 1. The number of benzene rings is 2. The van der Waals surface area contributed by atoms with Gasteiger partial charge >= 0.3 is 0 Å². The molecule has 144 valence electrons. The highest BCUT2D eigenvalue weighted by Crippen LogP contribution is 2.16. The van der Waals surface area contributed by atoms with Crippen molar-refractivity contribution >= 4 is 21.6 Å². The normalized spacial score (nSPS) is 11.2. The number of aryl methyl sites for hydroxylation is 2. The van der Waals surface area contributed by atoms with E-state index in [2.05, 4.69) is 15.0 Å². The minimum absolute atomic E-state index is 0.101. The van der Waals surface area contributed by atoms with Crippen LogP contribution < -0.4 is 10.0 Å². The van der Waals surface area contributed by atoms with E-state index >= 15 is 0 Å². The lowest BCUT2D eigenvalue weighted by Crippen LogP contribution is -2.23. The summed E-state index contributed by atoms with van der Waals surface area (Å²) < 4.78 is 27.4. The maximum absolute atomic E-state index is 12.4. The Morgan fingerprint density at radius 1 is 0.929 bits per heavy atom. The number of nitrogens with one attached hydrogen (secondary N) is 2. The van der Waals surface area contributed by atoms with Crippen LogP contribution in [0.1, 0.15) is 27.0 Å². The van der Waals surface area contributed by atoms with Crippen LogP contribution in [0.25, 0.3) is 0 Å². The van der Waals surface area contributed by atoms with Gasteiger partial charge in [-0.15, -0.1) is 0 Å². The van der Waals surface area contributed by atoms with Gasteiger partial charge in [0.15, 0.2) is 0 Å². The van der Waals surface area contributed by atoms with Crippen molar-refractivity contribution in [3.8, 4) is 0 Å². The number of amides is 1. The Bertz CT molecular complexity index is 1060. The van der Waals surface area contributed by atoms with Crippen LogP contribution in [0.5, 0.6) is 0 Å². The monoisotopic (exact) mass is 395 g/mol. The zero-order valence-electron chi connectivity index (χ0n) is 15.6. The summed E-state index contributed by atoms with van der Waals surface area (Å²) in [5.41, 5.74) is 4.00. The van der Waals surface area contributed by atoms with Crippen molar-refractivity contribution in [2.24, 2.45) is 0 Å². The van der Waals surface area contributed by atoms with Crippen LogP contribution in [0.2, 0.25) is 0 Å². The lowest BCUT2D eigenvalue weighted by Gasteiger charge is -2.09. The smallest absolute Gasteiger partial charge is 0.255 e. The molecule has 1 amide bonds. The van der Waals surface area contributed by atoms with Gasteiger partial charge in [-0.3, -0.25) is 9.78 Å². The summed E-state index contributed by atoms with van der Waals surface area (Å²) in [6, 6.07) is 15.1. The lowest BCUT2D eigenvalue weighted by molar-refractivity contribution is 0.102. The summed E-state index contributed by atoms with van der Waals surface area (Å²) >= 11 is 0. The van der Waals surface area contributed by atoms with Gasteiger partial charge in [-0.2, -0.15) is 0 Å². The molecule has 0 aliphatic carbocycles. The maximum Gasteiger partial charge on any atom is 0.255 e. The third kappa shape index (κ3) is 5.03. The molecule has 6 nitrogen and oxygen atoms in total. The quantitative estimate of drug-likeness (QED) is 0.669. The number of pyridine rings is 1. The van der Waals surface area contributed by atoms with Crippen LogP contribution in [0, 0.1) is 13.8 Å². The van der Waals surface area contributed by atoms with Crippen LogP contribution >= 0.6 is 0 Å². The molecule has 0 saturated heterocycles. The van der Waals surface area contributed by atoms with Gasteiger partial charge in [-0.1, -0.05) is 6.07 Å². The lowest BCUT2D eigenvalue weighted by atomic mass is 10.1. The third-order valence-corrected chi connectivity index (χ3v) is 5.54. The van der Waals surface area contributed by atoms with E-state index in [0.29, 0.717) is 11.3 Å². The van der Waals surface area contributed by atoms with E-state index < -0.39 is 10.0 Å². The predicted octanol–water partition coefficient (Wildman–Crippen LogP) is 3.43. The standard InChI is InChI=1S/C21H21N3O3S/c1-15-11-16(2)13-19(12-15)24-21(25)18-3-5-20(6-4-18)28(26,27)23-14-17-7-9-22-10-8-17/h3-13,23H,14H2,1-2H3,(H,24,25). The first kappa shape index (κ1) is 19.7.